The minimum atomic E-state index is -0.208. The van der Waals surface area contributed by atoms with Gasteiger partial charge in [-0.3, -0.25) is 9.59 Å². The molecule has 160 valence electrons. The van der Waals surface area contributed by atoms with Gasteiger partial charge in [0.25, 0.3) is 11.5 Å². The number of aryl methyl sites for hydroxylation is 2. The number of hydrogen-bond acceptors (Lipinski definition) is 6. The average Bonchev–Trinajstić information content (AvgIpc) is 3.03. The molecule has 0 aliphatic rings. The molecule has 1 aromatic carbocycles. The van der Waals surface area contributed by atoms with Gasteiger partial charge in [0.05, 0.1) is 28.0 Å². The number of carbonyl (C=O) groups is 1. The second kappa shape index (κ2) is 7.53. The van der Waals surface area contributed by atoms with E-state index in [2.05, 4.69) is 35.7 Å². The van der Waals surface area contributed by atoms with E-state index >= 15 is 0 Å². The van der Waals surface area contributed by atoms with Gasteiger partial charge in [-0.15, -0.1) is 11.3 Å². The first-order valence-corrected chi connectivity index (χ1v) is 10.9. The summed E-state index contributed by atoms with van der Waals surface area (Å²) in [6, 6.07) is 7.16. The lowest BCUT2D eigenvalue weighted by molar-refractivity contribution is 0.0786. The molecule has 1 amide bonds. The molecule has 0 fully saturated rings. The summed E-state index contributed by atoms with van der Waals surface area (Å²) in [5.41, 5.74) is 1.99. The van der Waals surface area contributed by atoms with Crippen LogP contribution in [-0.4, -0.2) is 37.8 Å². The summed E-state index contributed by atoms with van der Waals surface area (Å²) in [5.74, 6) is 1.08. The molecular formula is C23H25N5O2S. The quantitative estimate of drug-likeness (QED) is 0.523. The summed E-state index contributed by atoms with van der Waals surface area (Å²) in [7, 11) is 1.71. The average molecular weight is 436 g/mol. The van der Waals surface area contributed by atoms with Crippen molar-refractivity contribution >= 4 is 38.4 Å². The Hall–Kier alpha value is -3.13. The molecular weight excluding hydrogens is 410 g/mol. The second-order valence-electron chi connectivity index (χ2n) is 8.81. The SMILES string of the molecule is Cc1nc(C(C)(C)C)nc2sc(C(=O)N(C)Cc3nc4ccccc4c(=O)[nH]3)c(C)c12. The highest BCUT2D eigenvalue weighted by atomic mass is 32.1. The highest BCUT2D eigenvalue weighted by Crippen LogP contribution is 2.33. The van der Waals surface area contributed by atoms with Gasteiger partial charge < -0.3 is 9.88 Å². The number of thiophene rings is 1. The minimum absolute atomic E-state index is 0.131. The van der Waals surface area contributed by atoms with E-state index in [0.717, 1.165) is 27.3 Å². The van der Waals surface area contributed by atoms with Crippen molar-refractivity contribution in [2.75, 3.05) is 7.05 Å². The van der Waals surface area contributed by atoms with Crippen LogP contribution in [0.15, 0.2) is 29.1 Å². The standard InChI is InChI=1S/C23H25N5O2S/c1-12-17-13(2)24-22(23(3,4)5)27-20(17)31-18(12)21(30)28(6)11-16-25-15-10-8-7-9-14(15)19(29)26-16/h7-10H,11H2,1-6H3,(H,25,26,29). The van der Waals surface area contributed by atoms with Crippen LogP contribution in [0.1, 0.15) is 53.3 Å². The van der Waals surface area contributed by atoms with Crippen molar-refractivity contribution < 1.29 is 4.79 Å². The van der Waals surface area contributed by atoms with Crippen LogP contribution in [0.3, 0.4) is 0 Å². The monoisotopic (exact) mass is 435 g/mol. The molecule has 3 heterocycles. The Morgan fingerprint density at radius 3 is 2.55 bits per heavy atom. The molecule has 0 aliphatic heterocycles. The van der Waals surface area contributed by atoms with E-state index in [-0.39, 0.29) is 23.4 Å². The lowest BCUT2D eigenvalue weighted by Gasteiger charge is -2.17. The Morgan fingerprint density at radius 2 is 1.84 bits per heavy atom. The Kier molecular flexibility index (Phi) is 5.13. The molecule has 0 bridgehead atoms. The summed E-state index contributed by atoms with van der Waals surface area (Å²) in [6.45, 7) is 10.3. The number of hydrogen-bond donors (Lipinski definition) is 1. The van der Waals surface area contributed by atoms with Crippen LogP contribution in [0.25, 0.3) is 21.1 Å². The van der Waals surface area contributed by atoms with E-state index < -0.39 is 0 Å². The molecule has 0 saturated carbocycles. The first-order valence-electron chi connectivity index (χ1n) is 10.1. The van der Waals surface area contributed by atoms with Crippen molar-refractivity contribution in [2.24, 2.45) is 0 Å². The summed E-state index contributed by atoms with van der Waals surface area (Å²) >= 11 is 1.39. The van der Waals surface area contributed by atoms with Gasteiger partial charge in [0, 0.05) is 17.8 Å². The molecule has 0 unspecified atom stereocenters. The van der Waals surface area contributed by atoms with Gasteiger partial charge in [-0.05, 0) is 31.5 Å². The molecule has 7 nitrogen and oxygen atoms in total. The van der Waals surface area contributed by atoms with Gasteiger partial charge in [0.15, 0.2) is 0 Å². The van der Waals surface area contributed by atoms with Gasteiger partial charge in [0.2, 0.25) is 0 Å². The number of para-hydroxylation sites is 1. The maximum absolute atomic E-state index is 13.2. The van der Waals surface area contributed by atoms with Crippen LogP contribution < -0.4 is 5.56 Å². The van der Waals surface area contributed by atoms with Crippen molar-refractivity contribution in [2.45, 2.75) is 46.6 Å². The summed E-state index contributed by atoms with van der Waals surface area (Å²) in [6.07, 6.45) is 0. The minimum Gasteiger partial charge on any atom is -0.334 e. The highest BCUT2D eigenvalue weighted by Gasteiger charge is 2.25. The molecule has 0 spiro atoms. The fourth-order valence-electron chi connectivity index (χ4n) is 3.56. The smallest absolute Gasteiger partial charge is 0.264 e. The maximum atomic E-state index is 13.2. The highest BCUT2D eigenvalue weighted by molar-refractivity contribution is 7.20. The molecule has 4 aromatic rings. The zero-order valence-corrected chi connectivity index (χ0v) is 19.3. The van der Waals surface area contributed by atoms with Crippen molar-refractivity contribution in [3.8, 4) is 0 Å². The number of rotatable bonds is 3. The molecule has 0 radical (unpaired) electrons. The molecule has 31 heavy (non-hydrogen) atoms. The number of nitrogens with zero attached hydrogens (tertiary/aromatic N) is 4. The normalized spacial score (nSPS) is 11.9. The van der Waals surface area contributed by atoms with Crippen molar-refractivity contribution in [1.29, 1.82) is 0 Å². The van der Waals surface area contributed by atoms with E-state index in [1.807, 2.05) is 19.9 Å². The number of aromatic amines is 1. The third-order valence-corrected chi connectivity index (χ3v) is 6.41. The third kappa shape index (κ3) is 3.83. The molecule has 3 aromatic heterocycles. The number of amides is 1. The van der Waals surface area contributed by atoms with Crippen LogP contribution in [0.2, 0.25) is 0 Å². The Labute approximate surface area is 184 Å². The summed E-state index contributed by atoms with van der Waals surface area (Å²) < 4.78 is 0. The molecule has 4 rings (SSSR count). The van der Waals surface area contributed by atoms with Crippen LogP contribution in [-0.2, 0) is 12.0 Å². The Morgan fingerprint density at radius 1 is 1.13 bits per heavy atom. The molecule has 1 N–H and O–H groups in total. The number of carbonyl (C=O) groups excluding carboxylic acids is 1. The molecule has 0 atom stereocenters. The fourth-order valence-corrected chi connectivity index (χ4v) is 4.78. The third-order valence-electron chi connectivity index (χ3n) is 5.23. The number of fused-ring (bicyclic) bond motifs is 2. The predicted octanol–water partition coefficient (Wildman–Crippen LogP) is 4.11. The van der Waals surface area contributed by atoms with Crippen molar-refractivity contribution in [1.82, 2.24) is 24.8 Å². The van der Waals surface area contributed by atoms with E-state index in [1.54, 1.807) is 30.1 Å². The van der Waals surface area contributed by atoms with Gasteiger partial charge in [0.1, 0.15) is 16.5 Å². The molecule has 0 saturated heterocycles. The van der Waals surface area contributed by atoms with Crippen LogP contribution >= 0.6 is 11.3 Å². The number of nitrogens with one attached hydrogen (secondary N) is 1. The second-order valence-corrected chi connectivity index (χ2v) is 9.81. The van der Waals surface area contributed by atoms with Gasteiger partial charge in [-0.25, -0.2) is 15.0 Å². The fraction of sp³-hybridized carbons (Fsp3) is 0.348. The van der Waals surface area contributed by atoms with Crippen molar-refractivity contribution in [3.63, 3.8) is 0 Å². The number of H-pyrrole nitrogens is 1. The van der Waals surface area contributed by atoms with E-state index in [1.165, 1.54) is 11.3 Å². The Balaban J connectivity index is 1.68. The van der Waals surface area contributed by atoms with Crippen LogP contribution in [0.4, 0.5) is 0 Å². The lowest BCUT2D eigenvalue weighted by atomic mass is 9.95. The number of benzene rings is 1. The van der Waals surface area contributed by atoms with E-state index in [0.29, 0.717) is 21.6 Å². The van der Waals surface area contributed by atoms with Gasteiger partial charge in [-0.2, -0.15) is 0 Å². The topological polar surface area (TPSA) is 91.8 Å². The largest absolute Gasteiger partial charge is 0.334 e. The summed E-state index contributed by atoms with van der Waals surface area (Å²) in [4.78, 5) is 45.3. The molecule has 8 heteroatoms. The maximum Gasteiger partial charge on any atom is 0.264 e. The van der Waals surface area contributed by atoms with Crippen LogP contribution in [0, 0.1) is 13.8 Å². The number of aromatic nitrogens is 4. The lowest BCUT2D eigenvalue weighted by Crippen LogP contribution is -2.28. The predicted molar refractivity (Wildman–Crippen MR) is 124 cm³/mol. The van der Waals surface area contributed by atoms with E-state index in [4.69, 9.17) is 4.98 Å². The first kappa shape index (κ1) is 21.1. The van der Waals surface area contributed by atoms with Gasteiger partial charge in [-0.1, -0.05) is 32.9 Å². The molecule has 0 aliphatic carbocycles. The zero-order chi connectivity index (χ0) is 22.5. The zero-order valence-electron chi connectivity index (χ0n) is 18.5. The Bertz CT molecular complexity index is 1380. The van der Waals surface area contributed by atoms with E-state index in [9.17, 15) is 9.59 Å². The van der Waals surface area contributed by atoms with Crippen molar-refractivity contribution in [3.05, 3.63) is 62.4 Å². The summed E-state index contributed by atoms with van der Waals surface area (Å²) in [5, 5.41) is 1.47. The van der Waals surface area contributed by atoms with Crippen LogP contribution in [0.5, 0.6) is 0 Å². The first-order chi connectivity index (χ1) is 14.6. The van der Waals surface area contributed by atoms with Gasteiger partial charge >= 0.3 is 0 Å².